The summed E-state index contributed by atoms with van der Waals surface area (Å²) < 4.78 is 0. The van der Waals surface area contributed by atoms with Gasteiger partial charge < -0.3 is 0 Å². The summed E-state index contributed by atoms with van der Waals surface area (Å²) in [5.74, 6) is 0. The first-order valence-corrected chi connectivity index (χ1v) is 17.5. The van der Waals surface area contributed by atoms with Crippen LogP contribution in [0.1, 0.15) is 18.1 Å². The smallest absolute Gasteiger partial charge is 0.0353 e. The number of fused-ring (bicyclic) bond motifs is 4. The van der Waals surface area contributed by atoms with Gasteiger partial charge in [-0.1, -0.05) is 164 Å². The summed E-state index contributed by atoms with van der Waals surface area (Å²) in [5, 5.41) is 9.68. The number of rotatable bonds is 6. The van der Waals surface area contributed by atoms with Crippen molar-refractivity contribution in [3.63, 3.8) is 0 Å². The lowest BCUT2D eigenvalue weighted by atomic mass is 9.81. The summed E-state index contributed by atoms with van der Waals surface area (Å²) in [6.45, 7) is 6.52. The van der Waals surface area contributed by atoms with Crippen molar-refractivity contribution >= 4 is 55.2 Å². The highest BCUT2D eigenvalue weighted by molar-refractivity contribution is 6.22. The van der Waals surface area contributed by atoms with Crippen molar-refractivity contribution in [3.8, 4) is 44.5 Å². The normalized spacial score (nSPS) is 11.6. The Labute approximate surface area is 298 Å². The molecule has 0 saturated heterocycles. The SMILES string of the molecule is C=Cc1c(/C=C\C)c(-c2cccc3ccccc23)c2ccccc2c1-c1cccc(-c2c3ccccc3c(-c3ccccc3)c3ccncc23)c1. The Bertz CT molecular complexity index is 2760. The minimum atomic E-state index is 1.13. The highest BCUT2D eigenvalue weighted by Crippen LogP contribution is 2.47. The van der Waals surface area contributed by atoms with Crippen LogP contribution in [0.4, 0.5) is 0 Å². The molecule has 8 aromatic carbocycles. The van der Waals surface area contributed by atoms with Crippen LogP contribution in [0.15, 0.2) is 177 Å². The van der Waals surface area contributed by atoms with Crippen molar-refractivity contribution in [1.82, 2.24) is 4.98 Å². The minimum Gasteiger partial charge on any atom is -0.264 e. The van der Waals surface area contributed by atoms with E-state index in [0.717, 1.165) is 22.1 Å². The molecule has 1 heteroatoms. The van der Waals surface area contributed by atoms with Crippen LogP contribution in [0.3, 0.4) is 0 Å². The molecular weight excluding hydrogens is 615 g/mol. The van der Waals surface area contributed by atoms with E-state index in [1.54, 1.807) is 0 Å². The van der Waals surface area contributed by atoms with Crippen molar-refractivity contribution < 1.29 is 0 Å². The summed E-state index contributed by atoms with van der Waals surface area (Å²) in [6.07, 6.45) is 10.4. The van der Waals surface area contributed by atoms with Crippen LogP contribution in [0.25, 0.3) is 99.7 Å². The van der Waals surface area contributed by atoms with Gasteiger partial charge in [-0.15, -0.1) is 0 Å². The first kappa shape index (κ1) is 30.5. The molecular formula is C50H35N. The second-order valence-corrected chi connectivity index (χ2v) is 13.0. The highest BCUT2D eigenvalue weighted by atomic mass is 14.6. The Morgan fingerprint density at radius 3 is 1.69 bits per heavy atom. The summed E-state index contributed by atoms with van der Waals surface area (Å²) in [6, 6.07) is 54.9. The lowest BCUT2D eigenvalue weighted by Crippen LogP contribution is -1.97. The van der Waals surface area contributed by atoms with Gasteiger partial charge in [-0.3, -0.25) is 4.98 Å². The first-order chi connectivity index (χ1) is 25.3. The predicted molar refractivity (Wildman–Crippen MR) is 221 cm³/mol. The fourth-order valence-electron chi connectivity index (χ4n) is 8.15. The van der Waals surface area contributed by atoms with Crippen molar-refractivity contribution in [1.29, 1.82) is 0 Å². The molecule has 0 saturated carbocycles. The maximum atomic E-state index is 4.66. The summed E-state index contributed by atoms with van der Waals surface area (Å²) in [4.78, 5) is 4.66. The summed E-state index contributed by atoms with van der Waals surface area (Å²) >= 11 is 0. The summed E-state index contributed by atoms with van der Waals surface area (Å²) in [7, 11) is 0. The molecule has 0 bridgehead atoms. The summed E-state index contributed by atoms with van der Waals surface area (Å²) in [5.41, 5.74) is 11.9. The Morgan fingerprint density at radius 2 is 0.980 bits per heavy atom. The fourth-order valence-corrected chi connectivity index (χ4v) is 8.15. The number of pyridine rings is 1. The molecule has 0 unspecified atom stereocenters. The van der Waals surface area contributed by atoms with Gasteiger partial charge in [0, 0.05) is 17.8 Å². The molecule has 51 heavy (non-hydrogen) atoms. The predicted octanol–water partition coefficient (Wildman–Crippen LogP) is 14.0. The third-order valence-corrected chi connectivity index (χ3v) is 10.2. The third-order valence-electron chi connectivity index (χ3n) is 10.2. The average Bonchev–Trinajstić information content (AvgIpc) is 3.19. The molecule has 0 fully saturated rings. The van der Waals surface area contributed by atoms with Crippen LogP contribution >= 0.6 is 0 Å². The van der Waals surface area contributed by atoms with E-state index in [1.165, 1.54) is 76.6 Å². The number of hydrogen-bond donors (Lipinski definition) is 0. The van der Waals surface area contributed by atoms with Gasteiger partial charge in [-0.05, 0) is 112 Å². The van der Waals surface area contributed by atoms with Gasteiger partial charge in [0.2, 0.25) is 0 Å². The van der Waals surface area contributed by atoms with Crippen LogP contribution < -0.4 is 0 Å². The van der Waals surface area contributed by atoms with Gasteiger partial charge in [0.1, 0.15) is 0 Å². The van der Waals surface area contributed by atoms with Crippen LogP contribution in [-0.2, 0) is 0 Å². The maximum Gasteiger partial charge on any atom is 0.0353 e. The van der Waals surface area contributed by atoms with E-state index in [0.29, 0.717) is 0 Å². The van der Waals surface area contributed by atoms with E-state index < -0.39 is 0 Å². The molecule has 9 rings (SSSR count). The molecule has 0 aliphatic rings. The maximum absolute atomic E-state index is 4.66. The molecule has 0 radical (unpaired) electrons. The van der Waals surface area contributed by atoms with E-state index in [-0.39, 0.29) is 0 Å². The number of benzene rings is 8. The van der Waals surface area contributed by atoms with E-state index in [9.17, 15) is 0 Å². The Hall–Kier alpha value is -6.57. The zero-order valence-corrected chi connectivity index (χ0v) is 28.5. The first-order valence-electron chi connectivity index (χ1n) is 17.5. The second kappa shape index (κ2) is 12.7. The van der Waals surface area contributed by atoms with Crippen LogP contribution in [0.2, 0.25) is 0 Å². The molecule has 1 aromatic heterocycles. The average molecular weight is 650 g/mol. The zero-order valence-electron chi connectivity index (χ0n) is 28.5. The fraction of sp³-hybridized carbons (Fsp3) is 0.0200. The van der Waals surface area contributed by atoms with Crippen LogP contribution in [-0.4, -0.2) is 4.98 Å². The topological polar surface area (TPSA) is 12.9 Å². The van der Waals surface area contributed by atoms with Gasteiger partial charge in [0.25, 0.3) is 0 Å². The molecule has 0 amide bonds. The number of allylic oxidation sites excluding steroid dienone is 1. The molecule has 0 aliphatic carbocycles. The Balaban J connectivity index is 1.35. The molecule has 0 aliphatic heterocycles. The van der Waals surface area contributed by atoms with Crippen molar-refractivity contribution in [3.05, 3.63) is 188 Å². The van der Waals surface area contributed by atoms with E-state index >= 15 is 0 Å². The van der Waals surface area contributed by atoms with E-state index in [2.05, 4.69) is 182 Å². The molecule has 1 heterocycles. The molecule has 9 aromatic rings. The zero-order chi connectivity index (χ0) is 34.3. The van der Waals surface area contributed by atoms with E-state index in [4.69, 9.17) is 0 Å². The van der Waals surface area contributed by atoms with Crippen LogP contribution in [0, 0.1) is 0 Å². The third kappa shape index (κ3) is 4.97. The monoisotopic (exact) mass is 649 g/mol. The largest absolute Gasteiger partial charge is 0.264 e. The Morgan fingerprint density at radius 1 is 0.451 bits per heavy atom. The second-order valence-electron chi connectivity index (χ2n) is 13.0. The van der Waals surface area contributed by atoms with Gasteiger partial charge in [0.15, 0.2) is 0 Å². The molecule has 240 valence electrons. The minimum absolute atomic E-state index is 1.13. The van der Waals surface area contributed by atoms with Gasteiger partial charge in [-0.25, -0.2) is 0 Å². The van der Waals surface area contributed by atoms with Crippen molar-refractivity contribution in [2.75, 3.05) is 0 Å². The molecule has 0 N–H and O–H groups in total. The van der Waals surface area contributed by atoms with Crippen LogP contribution in [0.5, 0.6) is 0 Å². The number of nitrogens with zero attached hydrogens (tertiary/aromatic N) is 1. The number of hydrogen-bond acceptors (Lipinski definition) is 1. The van der Waals surface area contributed by atoms with E-state index in [1.807, 2.05) is 18.5 Å². The Kier molecular flexibility index (Phi) is 7.60. The lowest BCUT2D eigenvalue weighted by molar-refractivity contribution is 1.37. The molecule has 0 atom stereocenters. The van der Waals surface area contributed by atoms with Gasteiger partial charge in [-0.2, -0.15) is 0 Å². The molecule has 0 spiro atoms. The number of aromatic nitrogens is 1. The molecule has 1 nitrogen and oxygen atoms in total. The standard InChI is InChI=1S/C50H35N/c1-3-16-39-37(4-2)48(43-26-12-13-27-44(43)50(39)40-28-15-20-33-17-8-9-23-38(33)40)35-21-14-22-36(31-35)49-42-25-11-10-24-41(42)47(34-18-6-5-7-19-34)45-29-30-51-32-46(45)49/h3-32H,2H2,1H3/b16-3-. The van der Waals surface area contributed by atoms with Crippen molar-refractivity contribution in [2.45, 2.75) is 6.92 Å². The van der Waals surface area contributed by atoms with Gasteiger partial charge >= 0.3 is 0 Å². The van der Waals surface area contributed by atoms with Gasteiger partial charge in [0.05, 0.1) is 0 Å². The quantitative estimate of drug-likeness (QED) is 0.163. The van der Waals surface area contributed by atoms with Crippen molar-refractivity contribution in [2.24, 2.45) is 0 Å². The highest BCUT2D eigenvalue weighted by Gasteiger charge is 2.22. The lowest BCUT2D eigenvalue weighted by Gasteiger charge is -2.22.